The average molecular weight is 200 g/mol. The van der Waals surface area contributed by atoms with E-state index in [1.54, 1.807) is 0 Å². The van der Waals surface area contributed by atoms with Crippen molar-refractivity contribution in [2.45, 2.75) is 32.2 Å². The quantitative estimate of drug-likeness (QED) is 0.590. The molecule has 1 atom stereocenters. The Morgan fingerprint density at radius 2 is 2.23 bits per heavy atom. The molecule has 0 N–H and O–H groups in total. The molecule has 0 aliphatic carbocycles. The van der Waals surface area contributed by atoms with Crippen LogP contribution >= 0.6 is 11.8 Å². The molecule has 76 valence electrons. The van der Waals surface area contributed by atoms with Gasteiger partial charge in [-0.15, -0.1) is 0 Å². The molecular formula is C10H20N2S. The summed E-state index contributed by atoms with van der Waals surface area (Å²) in [7, 11) is 2.15. The number of rotatable bonds is 7. The minimum Gasteiger partial charge on any atom is -0.303 e. The second-order valence-electron chi connectivity index (χ2n) is 3.26. The summed E-state index contributed by atoms with van der Waals surface area (Å²) in [5.74, 6) is 1.19. The molecule has 0 fully saturated rings. The van der Waals surface area contributed by atoms with Crippen molar-refractivity contribution < 1.29 is 0 Å². The Morgan fingerprint density at radius 1 is 1.54 bits per heavy atom. The molecule has 0 saturated carbocycles. The van der Waals surface area contributed by atoms with E-state index in [0.717, 1.165) is 13.0 Å². The SMILES string of the molecule is CCC(CSC)N(C)CCCC#N. The number of hydrogen-bond acceptors (Lipinski definition) is 3. The van der Waals surface area contributed by atoms with Crippen molar-refractivity contribution in [3.63, 3.8) is 0 Å². The van der Waals surface area contributed by atoms with Crippen LogP contribution in [0.15, 0.2) is 0 Å². The van der Waals surface area contributed by atoms with Gasteiger partial charge in [0.2, 0.25) is 0 Å². The van der Waals surface area contributed by atoms with E-state index in [1.807, 2.05) is 11.8 Å². The van der Waals surface area contributed by atoms with Crippen LogP contribution in [0.25, 0.3) is 0 Å². The summed E-state index contributed by atoms with van der Waals surface area (Å²) in [6.45, 7) is 3.27. The lowest BCUT2D eigenvalue weighted by Gasteiger charge is -2.26. The van der Waals surface area contributed by atoms with Crippen molar-refractivity contribution in [2.24, 2.45) is 0 Å². The van der Waals surface area contributed by atoms with Gasteiger partial charge in [-0.25, -0.2) is 0 Å². The fourth-order valence-electron chi connectivity index (χ4n) is 1.34. The molecule has 0 heterocycles. The van der Waals surface area contributed by atoms with Gasteiger partial charge in [-0.1, -0.05) is 6.92 Å². The lowest BCUT2D eigenvalue weighted by Crippen LogP contribution is -2.33. The molecule has 0 aromatic carbocycles. The first-order valence-corrected chi connectivity index (χ1v) is 6.21. The van der Waals surface area contributed by atoms with E-state index < -0.39 is 0 Å². The Morgan fingerprint density at radius 3 is 2.69 bits per heavy atom. The fourth-order valence-corrected chi connectivity index (χ4v) is 2.21. The van der Waals surface area contributed by atoms with Gasteiger partial charge in [0.25, 0.3) is 0 Å². The topological polar surface area (TPSA) is 27.0 Å². The summed E-state index contributed by atoms with van der Waals surface area (Å²) < 4.78 is 0. The van der Waals surface area contributed by atoms with Crippen molar-refractivity contribution in [2.75, 3.05) is 25.6 Å². The van der Waals surface area contributed by atoms with Crippen molar-refractivity contribution in [1.29, 1.82) is 5.26 Å². The maximum absolute atomic E-state index is 8.41. The van der Waals surface area contributed by atoms with Crippen molar-refractivity contribution in [3.8, 4) is 6.07 Å². The zero-order valence-corrected chi connectivity index (χ0v) is 9.73. The smallest absolute Gasteiger partial charge is 0.0622 e. The lowest BCUT2D eigenvalue weighted by molar-refractivity contribution is 0.254. The van der Waals surface area contributed by atoms with Crippen LogP contribution in [0.2, 0.25) is 0 Å². The Balaban J connectivity index is 3.64. The summed E-state index contributed by atoms with van der Waals surface area (Å²) in [5, 5.41) is 8.41. The van der Waals surface area contributed by atoms with Gasteiger partial charge < -0.3 is 4.90 Å². The van der Waals surface area contributed by atoms with E-state index >= 15 is 0 Å². The molecule has 0 aliphatic rings. The van der Waals surface area contributed by atoms with Gasteiger partial charge >= 0.3 is 0 Å². The first-order valence-electron chi connectivity index (χ1n) is 4.82. The second-order valence-corrected chi connectivity index (χ2v) is 4.17. The Labute approximate surface area is 86.3 Å². The predicted octanol–water partition coefficient (Wildman–Crippen LogP) is 2.36. The Bertz CT molecular complexity index is 153. The highest BCUT2D eigenvalue weighted by Crippen LogP contribution is 2.08. The molecule has 0 radical (unpaired) electrons. The van der Waals surface area contributed by atoms with Gasteiger partial charge in [-0.05, 0) is 32.7 Å². The zero-order chi connectivity index (χ0) is 10.1. The Kier molecular flexibility index (Phi) is 8.27. The van der Waals surface area contributed by atoms with E-state index in [4.69, 9.17) is 5.26 Å². The third-order valence-electron chi connectivity index (χ3n) is 2.25. The number of nitrogens with zero attached hydrogens (tertiary/aromatic N) is 2. The molecule has 0 amide bonds. The Hall–Kier alpha value is -0.200. The van der Waals surface area contributed by atoms with Crippen molar-refractivity contribution in [1.82, 2.24) is 4.90 Å². The average Bonchev–Trinajstić information content (AvgIpc) is 2.14. The minimum atomic E-state index is 0.675. The van der Waals surface area contributed by atoms with Crippen LogP contribution in [0.5, 0.6) is 0 Å². The van der Waals surface area contributed by atoms with E-state index in [0.29, 0.717) is 12.5 Å². The van der Waals surface area contributed by atoms with Crippen LogP contribution in [-0.4, -0.2) is 36.5 Å². The molecular weight excluding hydrogens is 180 g/mol. The number of thioether (sulfide) groups is 1. The van der Waals surface area contributed by atoms with Gasteiger partial charge in [0.1, 0.15) is 0 Å². The summed E-state index contributed by atoms with van der Waals surface area (Å²) >= 11 is 1.90. The second kappa shape index (κ2) is 8.40. The number of unbranched alkanes of at least 4 members (excludes halogenated alkanes) is 1. The molecule has 0 saturated heterocycles. The third kappa shape index (κ3) is 5.95. The number of hydrogen-bond donors (Lipinski definition) is 0. The molecule has 0 aromatic rings. The van der Waals surface area contributed by atoms with Crippen LogP contribution < -0.4 is 0 Å². The van der Waals surface area contributed by atoms with E-state index in [1.165, 1.54) is 12.2 Å². The van der Waals surface area contributed by atoms with Gasteiger partial charge in [-0.2, -0.15) is 17.0 Å². The third-order valence-corrected chi connectivity index (χ3v) is 2.97. The predicted molar refractivity (Wildman–Crippen MR) is 59.9 cm³/mol. The fraction of sp³-hybridized carbons (Fsp3) is 0.900. The first kappa shape index (κ1) is 12.8. The molecule has 13 heavy (non-hydrogen) atoms. The molecule has 0 spiro atoms. The maximum atomic E-state index is 8.41. The molecule has 0 aliphatic heterocycles. The van der Waals surface area contributed by atoms with Crippen LogP contribution in [0.1, 0.15) is 26.2 Å². The molecule has 2 nitrogen and oxygen atoms in total. The summed E-state index contributed by atoms with van der Waals surface area (Å²) in [5.41, 5.74) is 0. The lowest BCUT2D eigenvalue weighted by atomic mass is 10.2. The molecule has 3 heteroatoms. The van der Waals surface area contributed by atoms with E-state index in [9.17, 15) is 0 Å². The van der Waals surface area contributed by atoms with Crippen molar-refractivity contribution >= 4 is 11.8 Å². The summed E-state index contributed by atoms with van der Waals surface area (Å²) in [4.78, 5) is 2.37. The monoisotopic (exact) mass is 200 g/mol. The number of nitriles is 1. The van der Waals surface area contributed by atoms with Crippen LogP contribution in [-0.2, 0) is 0 Å². The van der Waals surface area contributed by atoms with Gasteiger partial charge in [0, 0.05) is 18.2 Å². The normalized spacial score (nSPS) is 12.8. The minimum absolute atomic E-state index is 0.675. The van der Waals surface area contributed by atoms with Gasteiger partial charge in [0.05, 0.1) is 6.07 Å². The highest BCUT2D eigenvalue weighted by molar-refractivity contribution is 7.98. The van der Waals surface area contributed by atoms with E-state index in [2.05, 4.69) is 31.2 Å². The standard InChI is InChI=1S/C10H20N2S/c1-4-10(9-13-3)12(2)8-6-5-7-11/h10H,4-6,8-9H2,1-3H3. The van der Waals surface area contributed by atoms with Gasteiger partial charge in [0.15, 0.2) is 0 Å². The highest BCUT2D eigenvalue weighted by atomic mass is 32.2. The highest BCUT2D eigenvalue weighted by Gasteiger charge is 2.10. The summed E-state index contributed by atoms with van der Waals surface area (Å²) in [6, 6.07) is 2.85. The molecule has 1 unspecified atom stereocenters. The largest absolute Gasteiger partial charge is 0.303 e. The van der Waals surface area contributed by atoms with E-state index in [-0.39, 0.29) is 0 Å². The maximum Gasteiger partial charge on any atom is 0.0622 e. The zero-order valence-electron chi connectivity index (χ0n) is 8.92. The summed E-state index contributed by atoms with van der Waals surface area (Å²) in [6.07, 6.45) is 5.02. The van der Waals surface area contributed by atoms with Crippen LogP contribution in [0, 0.1) is 11.3 Å². The molecule has 0 rings (SSSR count). The van der Waals surface area contributed by atoms with Gasteiger partial charge in [-0.3, -0.25) is 0 Å². The van der Waals surface area contributed by atoms with Crippen LogP contribution in [0.3, 0.4) is 0 Å². The van der Waals surface area contributed by atoms with Crippen molar-refractivity contribution in [3.05, 3.63) is 0 Å². The molecule has 0 bridgehead atoms. The van der Waals surface area contributed by atoms with Crippen LogP contribution in [0.4, 0.5) is 0 Å². The first-order chi connectivity index (χ1) is 6.26. The molecule has 0 aromatic heterocycles.